The van der Waals surface area contributed by atoms with Crippen molar-refractivity contribution in [2.45, 2.75) is 19.1 Å². The number of hydrogen-bond donors (Lipinski definition) is 1. The van der Waals surface area contributed by atoms with Crippen molar-refractivity contribution in [3.8, 4) is 11.6 Å². The fraction of sp³-hybridized carbons (Fsp3) is 0.115. The van der Waals surface area contributed by atoms with E-state index < -0.39 is 19.1 Å². The van der Waals surface area contributed by atoms with Crippen molar-refractivity contribution in [3.05, 3.63) is 102 Å². The van der Waals surface area contributed by atoms with Crippen LogP contribution in [0.25, 0.3) is 27.6 Å². The van der Waals surface area contributed by atoms with Gasteiger partial charge in [0, 0.05) is 36.7 Å². The third-order valence-corrected chi connectivity index (χ3v) is 5.27. The number of phenolic OH excluding ortho intramolecular Hbond substituents is 1. The quantitative estimate of drug-likeness (QED) is 0.401. The summed E-state index contributed by atoms with van der Waals surface area (Å²) in [5.74, 6) is 0.425. The van der Waals surface area contributed by atoms with Gasteiger partial charge in [-0.25, -0.2) is 4.98 Å². The maximum Gasteiger partial charge on any atom is 0.137 e. The number of rotatable bonds is 3. The van der Waals surface area contributed by atoms with Gasteiger partial charge in [0.05, 0.1) is 11.0 Å². The molecule has 2 heterocycles. The van der Waals surface area contributed by atoms with Gasteiger partial charge in [-0.05, 0) is 41.5 Å². The van der Waals surface area contributed by atoms with Crippen molar-refractivity contribution in [1.29, 1.82) is 0 Å². The minimum absolute atomic E-state index is 0.0707. The summed E-state index contributed by atoms with van der Waals surface area (Å²) < 4.78 is 52.3. The van der Waals surface area contributed by atoms with Crippen LogP contribution in [-0.2, 0) is 5.41 Å². The topological polar surface area (TPSA) is 38.0 Å². The molecule has 0 saturated carbocycles. The first kappa shape index (κ1) is 12.1. The molecule has 29 heavy (non-hydrogen) atoms. The first-order valence-electron chi connectivity index (χ1n) is 12.3. The van der Waals surface area contributed by atoms with E-state index in [0.717, 1.165) is 16.3 Å². The lowest BCUT2D eigenvalue weighted by molar-refractivity contribution is 0.476. The average molecular weight is 385 g/mol. The van der Waals surface area contributed by atoms with E-state index in [1.54, 1.807) is 30.3 Å². The number of nitrogens with zero attached hydrogens (tertiary/aromatic N) is 2. The van der Waals surface area contributed by atoms with E-state index in [-0.39, 0.29) is 16.9 Å². The van der Waals surface area contributed by atoms with E-state index in [9.17, 15) is 5.11 Å². The van der Waals surface area contributed by atoms with Crippen molar-refractivity contribution in [2.24, 2.45) is 0 Å². The Labute approximate surface area is 178 Å². The molecule has 142 valence electrons. The van der Waals surface area contributed by atoms with Gasteiger partial charge in [0.25, 0.3) is 0 Å². The summed E-state index contributed by atoms with van der Waals surface area (Å²) in [7, 11) is 0. The first-order valence-corrected chi connectivity index (χ1v) is 9.30. The van der Waals surface area contributed by atoms with Crippen LogP contribution < -0.4 is 0 Å². The van der Waals surface area contributed by atoms with Crippen LogP contribution in [0.15, 0.2) is 91.1 Å². The smallest absolute Gasteiger partial charge is 0.137 e. The summed E-state index contributed by atoms with van der Waals surface area (Å²) in [6.45, 7) is -5.78. The predicted molar refractivity (Wildman–Crippen MR) is 119 cm³/mol. The molecule has 0 spiro atoms. The van der Waals surface area contributed by atoms with E-state index in [1.165, 1.54) is 30.5 Å². The zero-order chi connectivity index (χ0) is 25.0. The minimum atomic E-state index is -2.89. The highest BCUT2D eigenvalue weighted by Crippen LogP contribution is 2.36. The van der Waals surface area contributed by atoms with Crippen LogP contribution in [0.2, 0.25) is 0 Å². The van der Waals surface area contributed by atoms with E-state index >= 15 is 0 Å². The van der Waals surface area contributed by atoms with Gasteiger partial charge >= 0.3 is 0 Å². The Morgan fingerprint density at radius 3 is 2.38 bits per heavy atom. The summed E-state index contributed by atoms with van der Waals surface area (Å²) in [5, 5.41) is 12.0. The lowest BCUT2D eigenvalue weighted by Gasteiger charge is -2.26. The molecule has 2 aromatic heterocycles. The van der Waals surface area contributed by atoms with E-state index in [2.05, 4.69) is 4.98 Å². The second-order valence-electron chi connectivity index (χ2n) is 7.07. The monoisotopic (exact) mass is 384 g/mol. The predicted octanol–water partition coefficient (Wildman–Crippen LogP) is 6.21. The Morgan fingerprint density at radius 2 is 1.55 bits per heavy atom. The summed E-state index contributed by atoms with van der Waals surface area (Å²) >= 11 is 0. The number of hydrogen-bond acceptors (Lipinski definition) is 2. The summed E-state index contributed by atoms with van der Waals surface area (Å²) in [5.41, 5.74) is -0.522. The van der Waals surface area contributed by atoms with E-state index in [4.69, 9.17) is 8.22 Å². The van der Waals surface area contributed by atoms with Crippen molar-refractivity contribution in [3.63, 3.8) is 0 Å². The Bertz CT molecular complexity index is 1520. The molecular formula is C26H22N2O. The van der Waals surface area contributed by atoms with Gasteiger partial charge in [-0.2, -0.15) is 0 Å². The number of phenols is 1. The van der Waals surface area contributed by atoms with Crippen molar-refractivity contribution in [1.82, 2.24) is 9.55 Å². The fourth-order valence-electron chi connectivity index (χ4n) is 3.83. The number of para-hydroxylation sites is 1. The molecule has 1 N–H and O–H groups in total. The zero-order valence-electron chi connectivity index (χ0n) is 21.5. The van der Waals surface area contributed by atoms with Crippen molar-refractivity contribution < 1.29 is 13.3 Å². The SMILES string of the molecule is [2H]C([2H])([2H])C(c1ccccc1)(c1ccnc(-n2c3ccccc3c3ccc(O)cc32)c1)C([2H])([2H])[2H]. The standard InChI is InChI=1S/C26H22N2O/c1-26(2,18-8-4-3-5-9-18)19-14-15-27-25(16-19)28-23-11-7-6-10-21(23)22-13-12-20(29)17-24(22)28/h3-17,29H,1-2H3/i1D3,2D3. The summed E-state index contributed by atoms with van der Waals surface area (Å²) in [6, 6.07) is 23.7. The molecule has 0 fully saturated rings. The minimum Gasteiger partial charge on any atom is -0.508 e. The lowest BCUT2D eigenvalue weighted by atomic mass is 9.78. The third-order valence-electron chi connectivity index (χ3n) is 5.27. The van der Waals surface area contributed by atoms with Crippen LogP contribution in [0.1, 0.15) is 33.1 Å². The molecule has 3 heteroatoms. The Morgan fingerprint density at radius 1 is 0.793 bits per heavy atom. The van der Waals surface area contributed by atoms with Crippen LogP contribution in [-0.4, -0.2) is 14.7 Å². The van der Waals surface area contributed by atoms with Gasteiger partial charge in [-0.3, -0.25) is 4.57 Å². The van der Waals surface area contributed by atoms with Gasteiger partial charge in [-0.1, -0.05) is 62.2 Å². The molecule has 0 aliphatic heterocycles. The molecule has 0 aliphatic carbocycles. The molecule has 0 atom stereocenters. The largest absolute Gasteiger partial charge is 0.508 e. The van der Waals surface area contributed by atoms with Crippen LogP contribution in [0.4, 0.5) is 0 Å². The molecule has 0 radical (unpaired) electrons. The van der Waals surface area contributed by atoms with Crippen LogP contribution >= 0.6 is 0 Å². The molecule has 5 aromatic rings. The highest BCUT2D eigenvalue weighted by molar-refractivity contribution is 6.09. The number of benzene rings is 3. The molecule has 3 nitrogen and oxygen atoms in total. The summed E-state index contributed by atoms with van der Waals surface area (Å²) in [6.07, 6.45) is 1.43. The second kappa shape index (κ2) is 6.49. The molecule has 0 amide bonds. The van der Waals surface area contributed by atoms with E-state index in [1.807, 2.05) is 34.9 Å². The zero-order valence-corrected chi connectivity index (χ0v) is 15.5. The highest BCUT2D eigenvalue weighted by Gasteiger charge is 2.24. The maximum atomic E-state index is 10.2. The van der Waals surface area contributed by atoms with Gasteiger partial charge in [0.2, 0.25) is 0 Å². The number of aromatic nitrogens is 2. The van der Waals surface area contributed by atoms with Crippen molar-refractivity contribution >= 4 is 21.8 Å². The molecule has 0 aliphatic rings. The third kappa shape index (κ3) is 2.78. The number of fused-ring (bicyclic) bond motifs is 3. The lowest BCUT2D eigenvalue weighted by Crippen LogP contribution is -2.19. The van der Waals surface area contributed by atoms with Gasteiger partial charge in [-0.15, -0.1) is 0 Å². The second-order valence-corrected chi connectivity index (χ2v) is 7.07. The molecule has 0 saturated heterocycles. The Balaban J connectivity index is 1.86. The first-order chi connectivity index (χ1) is 16.6. The van der Waals surface area contributed by atoms with Gasteiger partial charge < -0.3 is 5.11 Å². The number of aromatic hydroxyl groups is 1. The normalized spacial score (nSPS) is 15.9. The average Bonchev–Trinajstić information content (AvgIpc) is 3.12. The fourth-order valence-corrected chi connectivity index (χ4v) is 3.83. The van der Waals surface area contributed by atoms with E-state index in [0.29, 0.717) is 11.3 Å². The van der Waals surface area contributed by atoms with Crippen molar-refractivity contribution in [2.75, 3.05) is 0 Å². The Hall–Kier alpha value is -3.59. The van der Waals surface area contributed by atoms with Gasteiger partial charge in [0.15, 0.2) is 0 Å². The summed E-state index contributed by atoms with van der Waals surface area (Å²) in [4.78, 5) is 4.50. The van der Waals surface area contributed by atoms with Crippen LogP contribution in [0.3, 0.4) is 0 Å². The molecule has 3 aromatic carbocycles. The van der Waals surface area contributed by atoms with Gasteiger partial charge in [0.1, 0.15) is 11.6 Å². The Kier molecular flexibility index (Phi) is 2.70. The molecule has 0 bridgehead atoms. The molecule has 5 rings (SSSR count). The molecule has 0 unspecified atom stereocenters. The molecular weight excluding hydrogens is 356 g/mol. The van der Waals surface area contributed by atoms with Crippen LogP contribution in [0.5, 0.6) is 5.75 Å². The number of pyridine rings is 1. The van der Waals surface area contributed by atoms with Crippen LogP contribution in [0, 0.1) is 0 Å². The highest BCUT2D eigenvalue weighted by atomic mass is 16.3. The maximum absolute atomic E-state index is 10.2.